The summed E-state index contributed by atoms with van der Waals surface area (Å²) in [5.74, 6) is 1.86. The monoisotopic (exact) mass is 326 g/mol. The minimum atomic E-state index is -3.19. The molecule has 0 aliphatic heterocycles. The van der Waals surface area contributed by atoms with Crippen molar-refractivity contribution in [2.45, 2.75) is 36.6 Å². The molecule has 0 heterocycles. The summed E-state index contributed by atoms with van der Waals surface area (Å²) in [7, 11) is -3.19. The zero-order chi connectivity index (χ0) is 14.9. The van der Waals surface area contributed by atoms with Crippen LogP contribution in [0.2, 0.25) is 0 Å². The van der Waals surface area contributed by atoms with Gasteiger partial charge in [-0.05, 0) is 49.7 Å². The maximum Gasteiger partial charge on any atom is 0.212 e. The minimum absolute atomic E-state index is 0.155. The van der Waals surface area contributed by atoms with Gasteiger partial charge in [-0.15, -0.1) is 11.8 Å². The summed E-state index contributed by atoms with van der Waals surface area (Å²) in [6.07, 6.45) is 4.72. The standard InChI is InChI=1S/C15H22N2O2S2/c16-13-3-1-2-4-14(13)20-9-10-21(18,19)17-15(11-5-6-11)12-7-8-12/h1-4,11-12,15,17H,5-10,16H2. The van der Waals surface area contributed by atoms with E-state index in [1.807, 2.05) is 24.3 Å². The van der Waals surface area contributed by atoms with E-state index in [4.69, 9.17) is 5.73 Å². The maximum absolute atomic E-state index is 12.2. The second kappa shape index (κ2) is 6.18. The molecule has 1 aromatic rings. The summed E-state index contributed by atoms with van der Waals surface area (Å²) in [4.78, 5) is 0.952. The number of thioether (sulfide) groups is 1. The van der Waals surface area contributed by atoms with Crippen molar-refractivity contribution in [1.29, 1.82) is 0 Å². The molecule has 2 aliphatic rings. The lowest BCUT2D eigenvalue weighted by atomic mass is 10.1. The highest BCUT2D eigenvalue weighted by Crippen LogP contribution is 2.44. The minimum Gasteiger partial charge on any atom is -0.398 e. The smallest absolute Gasteiger partial charge is 0.212 e. The Kier molecular flexibility index (Phi) is 4.47. The Hall–Kier alpha value is -0.720. The van der Waals surface area contributed by atoms with Crippen LogP contribution in [0.15, 0.2) is 29.2 Å². The predicted octanol–water partition coefficient (Wildman–Crippen LogP) is 2.47. The van der Waals surface area contributed by atoms with Crippen LogP contribution in [0.5, 0.6) is 0 Å². The number of nitrogen functional groups attached to an aromatic ring is 1. The van der Waals surface area contributed by atoms with Gasteiger partial charge >= 0.3 is 0 Å². The van der Waals surface area contributed by atoms with Gasteiger partial charge in [0.15, 0.2) is 0 Å². The van der Waals surface area contributed by atoms with Crippen LogP contribution in [0.3, 0.4) is 0 Å². The Morgan fingerprint density at radius 1 is 1.19 bits per heavy atom. The Morgan fingerprint density at radius 3 is 2.38 bits per heavy atom. The van der Waals surface area contributed by atoms with Crippen molar-refractivity contribution in [3.63, 3.8) is 0 Å². The second-order valence-electron chi connectivity index (χ2n) is 6.02. The van der Waals surface area contributed by atoms with Gasteiger partial charge in [0, 0.05) is 22.4 Å². The molecule has 21 heavy (non-hydrogen) atoms. The quantitative estimate of drug-likeness (QED) is 0.568. The fraction of sp³-hybridized carbons (Fsp3) is 0.600. The third-order valence-corrected chi connectivity index (χ3v) is 6.83. The first kappa shape index (κ1) is 15.2. The van der Waals surface area contributed by atoms with Gasteiger partial charge in [-0.1, -0.05) is 12.1 Å². The van der Waals surface area contributed by atoms with Crippen LogP contribution >= 0.6 is 11.8 Å². The normalized spacial score (nSPS) is 19.1. The molecule has 4 nitrogen and oxygen atoms in total. The summed E-state index contributed by atoms with van der Waals surface area (Å²) < 4.78 is 27.4. The zero-order valence-corrected chi connectivity index (χ0v) is 13.6. The van der Waals surface area contributed by atoms with Gasteiger partial charge in [-0.3, -0.25) is 0 Å². The van der Waals surface area contributed by atoms with Gasteiger partial charge < -0.3 is 5.73 Å². The van der Waals surface area contributed by atoms with E-state index in [0.29, 0.717) is 23.3 Å². The van der Waals surface area contributed by atoms with Crippen molar-refractivity contribution >= 4 is 27.5 Å². The molecule has 0 atom stereocenters. The van der Waals surface area contributed by atoms with E-state index in [1.165, 1.54) is 37.4 Å². The van der Waals surface area contributed by atoms with Crippen molar-refractivity contribution in [3.8, 4) is 0 Å². The molecule has 0 unspecified atom stereocenters. The Bertz CT molecular complexity index is 583. The van der Waals surface area contributed by atoms with E-state index in [2.05, 4.69) is 4.72 Å². The molecule has 0 aromatic heterocycles. The molecule has 116 valence electrons. The molecule has 0 spiro atoms. The number of sulfonamides is 1. The summed E-state index contributed by atoms with van der Waals surface area (Å²) >= 11 is 1.50. The predicted molar refractivity (Wildman–Crippen MR) is 87.7 cm³/mol. The van der Waals surface area contributed by atoms with Crippen LogP contribution in [-0.2, 0) is 10.0 Å². The Morgan fingerprint density at radius 2 is 1.81 bits per heavy atom. The Balaban J connectivity index is 1.50. The third-order valence-electron chi connectivity index (χ3n) is 4.10. The molecule has 2 saturated carbocycles. The van der Waals surface area contributed by atoms with Gasteiger partial charge in [-0.25, -0.2) is 13.1 Å². The first-order chi connectivity index (χ1) is 10.1. The van der Waals surface area contributed by atoms with Crippen LogP contribution in [-0.4, -0.2) is 26.0 Å². The van der Waals surface area contributed by atoms with E-state index in [0.717, 1.165) is 4.90 Å². The average Bonchev–Trinajstić information content (AvgIpc) is 3.30. The van der Waals surface area contributed by atoms with Crippen molar-refractivity contribution < 1.29 is 8.42 Å². The lowest BCUT2D eigenvalue weighted by Gasteiger charge is -2.17. The number of anilines is 1. The molecule has 0 saturated heterocycles. The molecular formula is C15H22N2O2S2. The van der Waals surface area contributed by atoms with E-state index in [-0.39, 0.29) is 11.8 Å². The van der Waals surface area contributed by atoms with Crippen molar-refractivity contribution in [3.05, 3.63) is 24.3 Å². The molecule has 6 heteroatoms. The lowest BCUT2D eigenvalue weighted by Crippen LogP contribution is -2.39. The SMILES string of the molecule is Nc1ccccc1SCCS(=O)(=O)NC(C1CC1)C1CC1. The molecule has 1 aromatic carbocycles. The summed E-state index contributed by atoms with van der Waals surface area (Å²) in [5.41, 5.74) is 6.57. The molecule has 3 rings (SSSR count). The maximum atomic E-state index is 12.2. The summed E-state index contributed by atoms with van der Waals surface area (Å²) in [6, 6.07) is 7.76. The molecular weight excluding hydrogens is 304 g/mol. The highest BCUT2D eigenvalue weighted by Gasteiger charge is 2.43. The average molecular weight is 326 g/mol. The summed E-state index contributed by atoms with van der Waals surface area (Å²) in [5, 5.41) is 0. The molecule has 0 radical (unpaired) electrons. The van der Waals surface area contributed by atoms with Gasteiger partial charge in [0.2, 0.25) is 10.0 Å². The molecule has 0 bridgehead atoms. The van der Waals surface area contributed by atoms with Gasteiger partial charge in [0.1, 0.15) is 0 Å². The number of nitrogens with one attached hydrogen (secondary N) is 1. The number of rotatable bonds is 8. The molecule has 3 N–H and O–H groups in total. The van der Waals surface area contributed by atoms with E-state index < -0.39 is 10.0 Å². The van der Waals surface area contributed by atoms with E-state index >= 15 is 0 Å². The number of benzene rings is 1. The zero-order valence-electron chi connectivity index (χ0n) is 12.0. The van der Waals surface area contributed by atoms with Crippen LogP contribution in [0.1, 0.15) is 25.7 Å². The molecule has 2 aliphatic carbocycles. The van der Waals surface area contributed by atoms with Gasteiger partial charge in [-0.2, -0.15) is 0 Å². The highest BCUT2D eigenvalue weighted by molar-refractivity contribution is 8.00. The highest BCUT2D eigenvalue weighted by atomic mass is 32.2. The van der Waals surface area contributed by atoms with Crippen molar-refractivity contribution in [1.82, 2.24) is 4.72 Å². The van der Waals surface area contributed by atoms with Crippen LogP contribution in [0, 0.1) is 11.8 Å². The van der Waals surface area contributed by atoms with Crippen molar-refractivity contribution in [2.75, 3.05) is 17.2 Å². The second-order valence-corrected chi connectivity index (χ2v) is 9.03. The van der Waals surface area contributed by atoms with Gasteiger partial charge in [0.05, 0.1) is 5.75 Å². The summed E-state index contributed by atoms with van der Waals surface area (Å²) in [6.45, 7) is 0. The van der Waals surface area contributed by atoms with E-state index in [9.17, 15) is 8.42 Å². The molecule has 2 fully saturated rings. The number of nitrogens with two attached hydrogens (primary N) is 1. The van der Waals surface area contributed by atoms with Crippen LogP contribution in [0.4, 0.5) is 5.69 Å². The third kappa shape index (κ3) is 4.37. The topological polar surface area (TPSA) is 72.2 Å². The van der Waals surface area contributed by atoms with Gasteiger partial charge in [0.25, 0.3) is 0 Å². The van der Waals surface area contributed by atoms with Crippen LogP contribution < -0.4 is 10.5 Å². The van der Waals surface area contributed by atoms with Crippen molar-refractivity contribution in [2.24, 2.45) is 11.8 Å². The number of para-hydroxylation sites is 1. The number of hydrogen-bond acceptors (Lipinski definition) is 4. The fourth-order valence-corrected chi connectivity index (χ4v) is 5.39. The van der Waals surface area contributed by atoms with Crippen LogP contribution in [0.25, 0.3) is 0 Å². The first-order valence-electron chi connectivity index (χ1n) is 7.52. The number of hydrogen-bond donors (Lipinski definition) is 2. The lowest BCUT2D eigenvalue weighted by molar-refractivity contribution is 0.472. The van der Waals surface area contributed by atoms with E-state index in [1.54, 1.807) is 0 Å². The first-order valence-corrected chi connectivity index (χ1v) is 10.2. The fourth-order valence-electron chi connectivity index (χ4n) is 2.63. The largest absolute Gasteiger partial charge is 0.398 e. The Labute approximate surface area is 130 Å². The molecule has 0 amide bonds.